The summed E-state index contributed by atoms with van der Waals surface area (Å²) in [6.45, 7) is 4.77. The van der Waals surface area contributed by atoms with Gasteiger partial charge in [0.2, 0.25) is 5.91 Å². The summed E-state index contributed by atoms with van der Waals surface area (Å²) in [6.07, 6.45) is 0. The maximum absolute atomic E-state index is 12.9. The SMILES string of the molecule is CCn1c(CN(C)C(=O)[C@H](C)N=C2NS(=O)(=O)c3ccccc32)nc2ccccc21. The van der Waals surface area contributed by atoms with Crippen molar-refractivity contribution in [2.75, 3.05) is 7.05 Å². The highest BCUT2D eigenvalue weighted by Crippen LogP contribution is 2.23. The number of nitrogens with one attached hydrogen (secondary N) is 1. The third-order valence-electron chi connectivity index (χ3n) is 5.15. The normalized spacial score (nSPS) is 17.0. The fourth-order valence-electron chi connectivity index (χ4n) is 3.69. The van der Waals surface area contributed by atoms with E-state index in [1.165, 1.54) is 6.07 Å². The van der Waals surface area contributed by atoms with Gasteiger partial charge < -0.3 is 9.47 Å². The molecular formula is C21H23N5O3S. The van der Waals surface area contributed by atoms with Crippen LogP contribution in [-0.2, 0) is 27.9 Å². The topological polar surface area (TPSA) is 96.7 Å². The molecule has 1 atom stereocenters. The first kappa shape index (κ1) is 20.1. The lowest BCUT2D eigenvalue weighted by Crippen LogP contribution is -2.35. The summed E-state index contributed by atoms with van der Waals surface area (Å²) >= 11 is 0. The number of likely N-dealkylation sites (N-methyl/N-ethyl adjacent to an activating group) is 1. The summed E-state index contributed by atoms with van der Waals surface area (Å²) in [6, 6.07) is 13.7. The molecule has 1 amide bonds. The van der Waals surface area contributed by atoms with E-state index in [2.05, 4.69) is 19.3 Å². The van der Waals surface area contributed by atoms with E-state index in [0.717, 1.165) is 23.4 Å². The second-order valence-electron chi connectivity index (χ2n) is 7.21. The molecule has 0 saturated heterocycles. The average Bonchev–Trinajstić information content (AvgIpc) is 3.21. The zero-order valence-corrected chi connectivity index (χ0v) is 17.8. The van der Waals surface area contributed by atoms with E-state index >= 15 is 0 Å². The number of benzene rings is 2. The van der Waals surface area contributed by atoms with E-state index in [1.54, 1.807) is 37.1 Å². The molecule has 156 valence electrons. The van der Waals surface area contributed by atoms with Gasteiger partial charge in [0.05, 0.1) is 22.5 Å². The number of carbonyl (C=O) groups excluding carboxylic acids is 1. The quantitative estimate of drug-likeness (QED) is 0.677. The molecule has 3 aromatic rings. The first-order chi connectivity index (χ1) is 14.3. The minimum absolute atomic E-state index is 0.174. The molecule has 0 radical (unpaired) electrons. The molecule has 1 N–H and O–H groups in total. The summed E-state index contributed by atoms with van der Waals surface area (Å²) in [4.78, 5) is 23.7. The van der Waals surface area contributed by atoms with Crippen LogP contribution in [0.3, 0.4) is 0 Å². The second kappa shape index (κ2) is 7.56. The molecule has 30 heavy (non-hydrogen) atoms. The number of hydrogen-bond acceptors (Lipinski definition) is 5. The van der Waals surface area contributed by atoms with E-state index in [4.69, 9.17) is 0 Å². The fraction of sp³-hybridized carbons (Fsp3) is 0.286. The highest BCUT2D eigenvalue weighted by molar-refractivity contribution is 7.90. The third kappa shape index (κ3) is 3.45. The zero-order chi connectivity index (χ0) is 21.5. The predicted molar refractivity (Wildman–Crippen MR) is 115 cm³/mol. The summed E-state index contributed by atoms with van der Waals surface area (Å²) < 4.78 is 29.0. The number of aliphatic imine (C=N–C) groups is 1. The molecule has 9 heteroatoms. The number of aryl methyl sites for hydroxylation is 1. The molecule has 4 rings (SSSR count). The number of amidine groups is 1. The van der Waals surface area contributed by atoms with Crippen LogP contribution in [0.25, 0.3) is 11.0 Å². The van der Waals surface area contributed by atoms with Gasteiger partial charge in [0.1, 0.15) is 17.7 Å². The summed E-state index contributed by atoms with van der Waals surface area (Å²) in [5.41, 5.74) is 2.40. The molecular weight excluding hydrogens is 402 g/mol. The number of sulfonamides is 1. The third-order valence-corrected chi connectivity index (χ3v) is 6.54. The molecule has 0 spiro atoms. The monoisotopic (exact) mass is 425 g/mol. The van der Waals surface area contributed by atoms with Crippen LogP contribution in [0.1, 0.15) is 25.2 Å². The number of para-hydroxylation sites is 2. The number of amides is 1. The van der Waals surface area contributed by atoms with Crippen molar-refractivity contribution in [1.82, 2.24) is 19.2 Å². The summed E-state index contributed by atoms with van der Waals surface area (Å²) in [5, 5.41) is 0. The van der Waals surface area contributed by atoms with Gasteiger partial charge in [0.15, 0.2) is 0 Å². The largest absolute Gasteiger partial charge is 0.336 e. The van der Waals surface area contributed by atoms with Crippen LogP contribution in [0.5, 0.6) is 0 Å². The number of aromatic nitrogens is 2. The number of imidazole rings is 1. The number of nitrogens with zero attached hydrogens (tertiary/aromatic N) is 4. The van der Waals surface area contributed by atoms with Crippen LogP contribution >= 0.6 is 0 Å². The second-order valence-corrected chi connectivity index (χ2v) is 8.86. The van der Waals surface area contributed by atoms with Gasteiger partial charge >= 0.3 is 0 Å². The Morgan fingerprint density at radius 3 is 2.67 bits per heavy atom. The molecule has 0 bridgehead atoms. The zero-order valence-electron chi connectivity index (χ0n) is 17.0. The number of fused-ring (bicyclic) bond motifs is 2. The van der Waals surface area contributed by atoms with Gasteiger partial charge in [-0.2, -0.15) is 0 Å². The Balaban J connectivity index is 1.56. The van der Waals surface area contributed by atoms with Crippen molar-refractivity contribution >= 4 is 32.8 Å². The lowest BCUT2D eigenvalue weighted by molar-refractivity contribution is -0.131. The minimum atomic E-state index is -3.64. The van der Waals surface area contributed by atoms with E-state index in [9.17, 15) is 13.2 Å². The molecule has 0 saturated carbocycles. The van der Waals surface area contributed by atoms with Crippen molar-refractivity contribution in [3.8, 4) is 0 Å². The molecule has 0 aliphatic carbocycles. The van der Waals surface area contributed by atoms with Gasteiger partial charge in [-0.25, -0.2) is 13.4 Å². The molecule has 1 aliphatic heterocycles. The van der Waals surface area contributed by atoms with Crippen LogP contribution in [0.4, 0.5) is 0 Å². The Labute approximate surface area is 175 Å². The molecule has 1 aliphatic rings. The molecule has 2 aromatic carbocycles. The van der Waals surface area contributed by atoms with Crippen molar-refractivity contribution < 1.29 is 13.2 Å². The Morgan fingerprint density at radius 1 is 1.20 bits per heavy atom. The van der Waals surface area contributed by atoms with Crippen molar-refractivity contribution in [1.29, 1.82) is 0 Å². The Hall–Kier alpha value is -3.20. The van der Waals surface area contributed by atoms with Gasteiger partial charge in [-0.15, -0.1) is 0 Å². The maximum atomic E-state index is 12.9. The average molecular weight is 426 g/mol. The van der Waals surface area contributed by atoms with Crippen LogP contribution in [0, 0.1) is 0 Å². The van der Waals surface area contributed by atoms with E-state index in [-0.39, 0.29) is 16.6 Å². The molecule has 8 nitrogen and oxygen atoms in total. The van der Waals surface area contributed by atoms with Crippen LogP contribution < -0.4 is 4.72 Å². The molecule has 0 unspecified atom stereocenters. The number of hydrogen-bond donors (Lipinski definition) is 1. The highest BCUT2D eigenvalue weighted by Gasteiger charge is 2.31. The van der Waals surface area contributed by atoms with E-state index in [1.807, 2.05) is 31.2 Å². The fourth-order valence-corrected chi connectivity index (χ4v) is 4.93. The first-order valence-corrected chi connectivity index (χ1v) is 11.2. The highest BCUT2D eigenvalue weighted by atomic mass is 32.2. The van der Waals surface area contributed by atoms with Crippen molar-refractivity contribution in [2.24, 2.45) is 4.99 Å². The smallest absolute Gasteiger partial charge is 0.263 e. The van der Waals surface area contributed by atoms with Crippen molar-refractivity contribution in [2.45, 2.75) is 37.9 Å². The van der Waals surface area contributed by atoms with Crippen LogP contribution in [0.2, 0.25) is 0 Å². The standard InChI is InChI=1S/C21H23N5O3S/c1-4-26-17-11-7-6-10-16(17)23-19(26)13-25(3)21(27)14(2)22-20-15-9-5-8-12-18(15)30(28,29)24-20/h5-12,14H,4,13H2,1-3H3,(H,22,24)/t14-/m0/s1. The van der Waals surface area contributed by atoms with E-state index < -0.39 is 16.1 Å². The molecule has 0 fully saturated rings. The van der Waals surface area contributed by atoms with E-state index in [0.29, 0.717) is 12.1 Å². The molecule has 2 heterocycles. The van der Waals surface area contributed by atoms with Crippen LogP contribution in [-0.4, -0.2) is 47.7 Å². The van der Waals surface area contributed by atoms with Gasteiger partial charge in [-0.05, 0) is 38.1 Å². The lowest BCUT2D eigenvalue weighted by Gasteiger charge is -2.20. The Bertz CT molecular complexity index is 1260. The van der Waals surface area contributed by atoms with Gasteiger partial charge in [0, 0.05) is 19.2 Å². The Morgan fingerprint density at radius 2 is 1.90 bits per heavy atom. The predicted octanol–water partition coefficient (Wildman–Crippen LogP) is 2.14. The minimum Gasteiger partial charge on any atom is -0.336 e. The lowest BCUT2D eigenvalue weighted by atomic mass is 10.2. The van der Waals surface area contributed by atoms with Gasteiger partial charge in [-0.1, -0.05) is 24.3 Å². The Kier molecular flexibility index (Phi) is 5.07. The van der Waals surface area contributed by atoms with Crippen LogP contribution in [0.15, 0.2) is 58.4 Å². The van der Waals surface area contributed by atoms with Gasteiger partial charge in [0.25, 0.3) is 10.0 Å². The summed E-state index contributed by atoms with van der Waals surface area (Å²) in [5.74, 6) is 0.766. The number of rotatable bonds is 5. The van der Waals surface area contributed by atoms with Crippen molar-refractivity contribution in [3.05, 3.63) is 59.9 Å². The molecule has 1 aromatic heterocycles. The maximum Gasteiger partial charge on any atom is 0.263 e. The van der Waals surface area contributed by atoms with Crippen molar-refractivity contribution in [3.63, 3.8) is 0 Å². The number of carbonyl (C=O) groups is 1. The summed E-state index contributed by atoms with van der Waals surface area (Å²) in [7, 11) is -1.94. The van der Waals surface area contributed by atoms with Gasteiger partial charge in [-0.3, -0.25) is 14.5 Å². The first-order valence-electron chi connectivity index (χ1n) is 9.71.